The van der Waals surface area contributed by atoms with E-state index in [-0.39, 0.29) is 0 Å². The summed E-state index contributed by atoms with van der Waals surface area (Å²) in [6.45, 7) is 0.403. The Morgan fingerprint density at radius 3 is 3.21 bits per heavy atom. The minimum Gasteiger partial charge on any atom is -0.489 e. The van der Waals surface area contributed by atoms with Crippen molar-refractivity contribution in [2.45, 2.75) is 25.6 Å². The van der Waals surface area contributed by atoms with E-state index in [1.54, 1.807) is 6.20 Å². The van der Waals surface area contributed by atoms with Gasteiger partial charge in [-0.15, -0.1) is 0 Å². The van der Waals surface area contributed by atoms with Gasteiger partial charge in [0.2, 0.25) is 0 Å². The Kier molecular flexibility index (Phi) is 3.40. The number of nitrogens with zero attached hydrogens (tertiary/aromatic N) is 1. The average Bonchev–Trinajstić information content (AvgIpc) is 2.57. The molecule has 1 aliphatic carbocycles. The van der Waals surface area contributed by atoms with Gasteiger partial charge in [0.05, 0.1) is 5.69 Å². The Morgan fingerprint density at radius 2 is 2.32 bits per heavy atom. The van der Waals surface area contributed by atoms with Crippen LogP contribution < -0.4 is 0 Å². The highest BCUT2D eigenvalue weighted by atomic mass is 35.5. The van der Waals surface area contributed by atoms with Crippen molar-refractivity contribution in [2.24, 2.45) is 0 Å². The summed E-state index contributed by atoms with van der Waals surface area (Å²) in [5.41, 5.74) is 2.68. The van der Waals surface area contributed by atoms with Crippen LogP contribution in [0.1, 0.15) is 30.2 Å². The lowest BCUT2D eigenvalue weighted by Gasteiger charge is -2.21. The zero-order chi connectivity index (χ0) is 13.2. The molecule has 19 heavy (non-hydrogen) atoms. The van der Waals surface area contributed by atoms with Crippen molar-refractivity contribution in [3.8, 4) is 0 Å². The molecule has 1 N–H and O–H groups in total. The van der Waals surface area contributed by atoms with Crippen molar-refractivity contribution in [3.05, 3.63) is 64.2 Å². The normalized spacial score (nSPS) is 22.4. The fraction of sp³-hybridized carbons (Fsp3) is 0.267. The van der Waals surface area contributed by atoms with Crippen LogP contribution >= 0.6 is 11.6 Å². The molecule has 0 bridgehead atoms. The fourth-order valence-electron chi connectivity index (χ4n) is 2.38. The standard InChI is InChI=1S/C15H14ClNO2/c16-12-5-1-3-10-7-13(18)15-11(4-2-6-17-15)9-19-14(10)8-12/h1-2,4-6,8,13,18H,3,7,9H2. The summed E-state index contributed by atoms with van der Waals surface area (Å²) in [5, 5.41) is 11.0. The monoisotopic (exact) mass is 275 g/mol. The number of aromatic nitrogens is 1. The van der Waals surface area contributed by atoms with Crippen LogP contribution in [0.4, 0.5) is 0 Å². The van der Waals surface area contributed by atoms with Crippen LogP contribution in [-0.2, 0) is 11.3 Å². The van der Waals surface area contributed by atoms with Gasteiger partial charge in [0.1, 0.15) is 18.5 Å². The molecule has 1 atom stereocenters. The number of aliphatic hydroxyl groups is 1. The number of ether oxygens (including phenoxy) is 1. The number of hydrogen-bond donors (Lipinski definition) is 1. The maximum absolute atomic E-state index is 10.3. The molecule has 4 heteroatoms. The molecule has 0 aromatic carbocycles. The smallest absolute Gasteiger partial charge is 0.120 e. The van der Waals surface area contributed by atoms with Crippen LogP contribution in [-0.4, -0.2) is 10.1 Å². The lowest BCUT2D eigenvalue weighted by atomic mass is 9.98. The summed E-state index contributed by atoms with van der Waals surface area (Å²) >= 11 is 6.06. The molecular formula is C15H14ClNO2. The summed E-state index contributed by atoms with van der Waals surface area (Å²) in [4.78, 5) is 4.27. The number of halogens is 1. The van der Waals surface area contributed by atoms with E-state index in [1.807, 2.05) is 30.4 Å². The second-order valence-electron chi connectivity index (χ2n) is 4.66. The molecule has 0 radical (unpaired) electrons. The molecule has 0 saturated heterocycles. The summed E-state index contributed by atoms with van der Waals surface area (Å²) in [6.07, 6.45) is 8.01. The van der Waals surface area contributed by atoms with Crippen LogP contribution in [0, 0.1) is 0 Å². The third kappa shape index (κ3) is 2.57. The van der Waals surface area contributed by atoms with E-state index in [0.717, 1.165) is 23.3 Å². The highest BCUT2D eigenvalue weighted by Crippen LogP contribution is 2.32. The first kappa shape index (κ1) is 12.5. The van der Waals surface area contributed by atoms with Crippen molar-refractivity contribution in [3.63, 3.8) is 0 Å². The van der Waals surface area contributed by atoms with Gasteiger partial charge in [0, 0.05) is 23.2 Å². The quantitative estimate of drug-likeness (QED) is 0.789. The molecule has 3 rings (SSSR count). The Labute approximate surface area is 116 Å². The van der Waals surface area contributed by atoms with E-state index >= 15 is 0 Å². The molecule has 2 heterocycles. The first-order valence-electron chi connectivity index (χ1n) is 6.24. The molecule has 2 aliphatic rings. The van der Waals surface area contributed by atoms with Crippen molar-refractivity contribution < 1.29 is 9.84 Å². The van der Waals surface area contributed by atoms with Gasteiger partial charge in [-0.25, -0.2) is 0 Å². The maximum Gasteiger partial charge on any atom is 0.120 e. The largest absolute Gasteiger partial charge is 0.489 e. The number of fused-ring (bicyclic) bond motifs is 1. The van der Waals surface area contributed by atoms with E-state index in [4.69, 9.17) is 16.3 Å². The SMILES string of the molecule is OC1CC2=C(C=C(Cl)C=CC2)OCc2cccnc21. The molecule has 0 saturated carbocycles. The molecule has 1 unspecified atom stereocenters. The second kappa shape index (κ2) is 5.19. The molecule has 1 aromatic rings. The Bertz CT molecular complexity index is 590. The van der Waals surface area contributed by atoms with Crippen molar-refractivity contribution in [1.82, 2.24) is 4.98 Å². The lowest BCUT2D eigenvalue weighted by molar-refractivity contribution is 0.147. The minimum absolute atomic E-state index is 0.403. The molecule has 0 spiro atoms. The van der Waals surface area contributed by atoms with E-state index in [2.05, 4.69) is 4.98 Å². The van der Waals surface area contributed by atoms with Gasteiger partial charge < -0.3 is 9.84 Å². The Hall–Kier alpha value is -1.58. The highest BCUT2D eigenvalue weighted by molar-refractivity contribution is 6.31. The predicted octanol–water partition coefficient (Wildman–Crippen LogP) is 3.37. The zero-order valence-electron chi connectivity index (χ0n) is 10.3. The molecule has 0 amide bonds. The topological polar surface area (TPSA) is 42.4 Å². The number of hydrogen-bond acceptors (Lipinski definition) is 3. The van der Waals surface area contributed by atoms with E-state index in [1.165, 1.54) is 0 Å². The van der Waals surface area contributed by atoms with Crippen molar-refractivity contribution >= 4 is 11.6 Å². The summed E-state index contributed by atoms with van der Waals surface area (Å²) in [5.74, 6) is 0.767. The van der Waals surface area contributed by atoms with E-state index in [9.17, 15) is 5.11 Å². The molecule has 1 aromatic heterocycles. The molecule has 1 aliphatic heterocycles. The number of pyridine rings is 1. The van der Waals surface area contributed by atoms with E-state index in [0.29, 0.717) is 23.8 Å². The zero-order valence-corrected chi connectivity index (χ0v) is 11.1. The van der Waals surface area contributed by atoms with Gasteiger partial charge in [-0.2, -0.15) is 0 Å². The van der Waals surface area contributed by atoms with E-state index < -0.39 is 6.10 Å². The molecule has 3 nitrogen and oxygen atoms in total. The lowest BCUT2D eigenvalue weighted by Crippen LogP contribution is -2.11. The molecule has 0 fully saturated rings. The second-order valence-corrected chi connectivity index (χ2v) is 5.10. The van der Waals surface area contributed by atoms with Crippen LogP contribution in [0.25, 0.3) is 0 Å². The van der Waals surface area contributed by atoms with Gasteiger partial charge in [-0.05, 0) is 30.2 Å². The van der Waals surface area contributed by atoms with Crippen molar-refractivity contribution in [1.29, 1.82) is 0 Å². The minimum atomic E-state index is -0.594. The summed E-state index contributed by atoms with van der Waals surface area (Å²) in [6, 6.07) is 3.78. The van der Waals surface area contributed by atoms with Crippen LogP contribution in [0.3, 0.4) is 0 Å². The molecular weight excluding hydrogens is 262 g/mol. The highest BCUT2D eigenvalue weighted by Gasteiger charge is 2.21. The predicted molar refractivity (Wildman–Crippen MR) is 73.3 cm³/mol. The van der Waals surface area contributed by atoms with Crippen LogP contribution in [0.15, 0.2) is 52.9 Å². The number of rotatable bonds is 0. The molecule has 98 valence electrons. The average molecular weight is 276 g/mol. The Morgan fingerprint density at radius 1 is 1.42 bits per heavy atom. The number of allylic oxidation sites excluding steroid dienone is 4. The van der Waals surface area contributed by atoms with Gasteiger partial charge in [0.25, 0.3) is 0 Å². The summed E-state index contributed by atoms with van der Waals surface area (Å²) < 4.78 is 5.84. The first-order chi connectivity index (χ1) is 9.24. The van der Waals surface area contributed by atoms with Crippen LogP contribution in [0.2, 0.25) is 0 Å². The fourth-order valence-corrected chi connectivity index (χ4v) is 2.56. The third-order valence-corrected chi connectivity index (χ3v) is 3.56. The summed E-state index contributed by atoms with van der Waals surface area (Å²) in [7, 11) is 0. The van der Waals surface area contributed by atoms with Gasteiger partial charge in [0.15, 0.2) is 0 Å². The first-order valence-corrected chi connectivity index (χ1v) is 6.62. The Balaban J connectivity index is 1.99. The maximum atomic E-state index is 10.3. The van der Waals surface area contributed by atoms with Gasteiger partial charge in [-0.1, -0.05) is 23.7 Å². The van der Waals surface area contributed by atoms with Crippen molar-refractivity contribution in [2.75, 3.05) is 0 Å². The van der Waals surface area contributed by atoms with Gasteiger partial charge in [-0.3, -0.25) is 4.98 Å². The number of aliphatic hydroxyl groups excluding tert-OH is 1. The van der Waals surface area contributed by atoms with Crippen LogP contribution in [0.5, 0.6) is 0 Å². The third-order valence-electron chi connectivity index (χ3n) is 3.32. The van der Waals surface area contributed by atoms with Gasteiger partial charge >= 0.3 is 0 Å².